The first-order valence-electron chi connectivity index (χ1n) is 10.7. The van der Waals surface area contributed by atoms with E-state index < -0.39 is 42.6 Å². The first kappa shape index (κ1) is 25.3. The van der Waals surface area contributed by atoms with Gasteiger partial charge in [0, 0.05) is 17.6 Å². The summed E-state index contributed by atoms with van der Waals surface area (Å²) in [4.78, 5) is 37.1. The number of aliphatic hydroxyl groups is 1. The standard InChI is InChI=1S/C25H32O7/c1-6-17(4)23(27)30-14-19(10-11-26)25(29)32-21-13-16(3)9-7-8-15(2)12-20-22(21)18(5)24(28)31-20/h6,9-10,12,20-22,26H,5,7-8,11,13-14H2,1-4H3/b15-12+,16-9+,17-6+,19-10+/t20-,21-,22+/m1/s1. The molecule has 0 radical (unpaired) electrons. The van der Waals surface area contributed by atoms with Gasteiger partial charge < -0.3 is 19.3 Å². The Morgan fingerprint density at radius 2 is 2.00 bits per heavy atom. The van der Waals surface area contributed by atoms with Gasteiger partial charge in [-0.3, -0.25) is 0 Å². The second-order valence-corrected chi connectivity index (χ2v) is 8.13. The van der Waals surface area contributed by atoms with Crippen molar-refractivity contribution in [3.05, 3.63) is 58.7 Å². The van der Waals surface area contributed by atoms with Gasteiger partial charge in [-0.15, -0.1) is 0 Å². The molecule has 7 heteroatoms. The largest absolute Gasteiger partial charge is 0.458 e. The molecule has 1 aliphatic heterocycles. The Morgan fingerprint density at radius 1 is 1.28 bits per heavy atom. The number of aliphatic hydroxyl groups excluding tert-OH is 1. The molecule has 0 aromatic rings. The van der Waals surface area contributed by atoms with Gasteiger partial charge in [0.15, 0.2) is 0 Å². The maximum Gasteiger partial charge on any atom is 0.337 e. The predicted octanol–water partition coefficient (Wildman–Crippen LogP) is 3.50. The summed E-state index contributed by atoms with van der Waals surface area (Å²) in [6.07, 6.45) is 7.62. The first-order valence-corrected chi connectivity index (χ1v) is 10.7. The highest BCUT2D eigenvalue weighted by atomic mass is 16.6. The van der Waals surface area contributed by atoms with Crippen molar-refractivity contribution in [1.82, 2.24) is 0 Å². The van der Waals surface area contributed by atoms with Gasteiger partial charge in [0.2, 0.25) is 0 Å². The molecule has 7 nitrogen and oxygen atoms in total. The number of hydrogen-bond donors (Lipinski definition) is 1. The van der Waals surface area contributed by atoms with Crippen molar-refractivity contribution < 1.29 is 33.7 Å². The number of ether oxygens (including phenoxy) is 3. The number of fused-ring (bicyclic) bond motifs is 1. The van der Waals surface area contributed by atoms with Gasteiger partial charge in [-0.05, 0) is 52.7 Å². The van der Waals surface area contributed by atoms with Crippen LogP contribution in [0.4, 0.5) is 0 Å². The molecule has 1 fully saturated rings. The summed E-state index contributed by atoms with van der Waals surface area (Å²) in [5.41, 5.74) is 2.77. The summed E-state index contributed by atoms with van der Waals surface area (Å²) in [5.74, 6) is -2.34. The molecule has 1 N–H and O–H groups in total. The third kappa shape index (κ3) is 6.53. The monoisotopic (exact) mass is 444 g/mol. The molecule has 0 bridgehead atoms. The fourth-order valence-corrected chi connectivity index (χ4v) is 3.63. The number of hydrogen-bond acceptors (Lipinski definition) is 7. The molecule has 0 aromatic heterocycles. The van der Waals surface area contributed by atoms with E-state index in [1.54, 1.807) is 19.9 Å². The van der Waals surface area contributed by atoms with Crippen molar-refractivity contribution in [2.45, 2.75) is 59.2 Å². The van der Waals surface area contributed by atoms with Gasteiger partial charge in [0.25, 0.3) is 0 Å². The molecular formula is C25H32O7. The molecule has 2 aliphatic rings. The Kier molecular flexibility index (Phi) is 9.20. The van der Waals surface area contributed by atoms with Crippen LogP contribution in [0.1, 0.15) is 47.0 Å². The van der Waals surface area contributed by atoms with E-state index in [-0.39, 0.29) is 17.8 Å². The zero-order valence-corrected chi connectivity index (χ0v) is 19.2. The van der Waals surface area contributed by atoms with E-state index in [0.717, 1.165) is 24.0 Å². The first-order chi connectivity index (χ1) is 15.2. The maximum absolute atomic E-state index is 13.0. The van der Waals surface area contributed by atoms with E-state index in [1.165, 1.54) is 6.08 Å². The fourth-order valence-electron chi connectivity index (χ4n) is 3.63. The maximum atomic E-state index is 13.0. The molecule has 1 heterocycles. The lowest BCUT2D eigenvalue weighted by Gasteiger charge is -2.27. The average Bonchev–Trinajstić information content (AvgIpc) is 3.02. The van der Waals surface area contributed by atoms with E-state index in [9.17, 15) is 19.5 Å². The molecular weight excluding hydrogens is 412 g/mol. The zero-order valence-electron chi connectivity index (χ0n) is 19.2. The SMILES string of the molecule is C=C1C(=O)O[C@@H]2/C=C(\C)CC/C=C(\C)C[C@@H](OC(=O)/C(=C/CO)COC(=O)/C(C)=C/C)[C@@H]12. The Bertz CT molecular complexity index is 888. The van der Waals surface area contributed by atoms with Crippen LogP contribution < -0.4 is 0 Å². The van der Waals surface area contributed by atoms with E-state index in [2.05, 4.69) is 12.7 Å². The average molecular weight is 445 g/mol. The van der Waals surface area contributed by atoms with Gasteiger partial charge in [0.1, 0.15) is 18.8 Å². The van der Waals surface area contributed by atoms with E-state index >= 15 is 0 Å². The fraction of sp³-hybridized carbons (Fsp3) is 0.480. The molecule has 0 aromatic carbocycles. The van der Waals surface area contributed by atoms with Crippen molar-refractivity contribution in [1.29, 1.82) is 0 Å². The second kappa shape index (κ2) is 11.6. The number of carbonyl (C=O) groups excluding carboxylic acids is 3. The highest BCUT2D eigenvalue weighted by Crippen LogP contribution is 2.36. The van der Waals surface area contributed by atoms with Gasteiger partial charge in [-0.2, -0.15) is 0 Å². The minimum Gasteiger partial charge on any atom is -0.458 e. The number of allylic oxidation sites excluding steroid dienone is 3. The Labute approximate surface area is 189 Å². The van der Waals surface area contributed by atoms with Crippen molar-refractivity contribution in [3.8, 4) is 0 Å². The van der Waals surface area contributed by atoms with Gasteiger partial charge >= 0.3 is 17.9 Å². The van der Waals surface area contributed by atoms with Crippen LogP contribution in [0.2, 0.25) is 0 Å². The minimum absolute atomic E-state index is 0.0163. The van der Waals surface area contributed by atoms with Gasteiger partial charge in [-0.1, -0.05) is 29.9 Å². The van der Waals surface area contributed by atoms with Crippen molar-refractivity contribution in [3.63, 3.8) is 0 Å². The summed E-state index contributed by atoms with van der Waals surface area (Å²) >= 11 is 0. The molecule has 1 saturated heterocycles. The summed E-state index contributed by atoms with van der Waals surface area (Å²) in [6, 6.07) is 0. The van der Waals surface area contributed by atoms with Crippen LogP contribution in [0.15, 0.2) is 58.7 Å². The molecule has 174 valence electrons. The number of esters is 3. The topological polar surface area (TPSA) is 99.1 Å². The second-order valence-electron chi connectivity index (χ2n) is 8.13. The summed E-state index contributed by atoms with van der Waals surface area (Å²) in [7, 11) is 0. The number of carbonyl (C=O) groups is 3. The molecule has 32 heavy (non-hydrogen) atoms. The van der Waals surface area contributed by atoms with Crippen molar-refractivity contribution in [2.24, 2.45) is 5.92 Å². The van der Waals surface area contributed by atoms with Gasteiger partial charge in [0.05, 0.1) is 18.1 Å². The van der Waals surface area contributed by atoms with E-state index in [1.807, 2.05) is 19.9 Å². The molecule has 0 spiro atoms. The lowest BCUT2D eigenvalue weighted by molar-refractivity contribution is -0.148. The molecule has 1 aliphatic carbocycles. The Hall–Kier alpha value is -2.93. The molecule has 0 unspecified atom stereocenters. The molecule has 2 rings (SSSR count). The third-order valence-corrected chi connectivity index (χ3v) is 5.64. The quantitative estimate of drug-likeness (QED) is 0.290. The summed E-state index contributed by atoms with van der Waals surface area (Å²) < 4.78 is 16.5. The normalized spacial score (nSPS) is 28.0. The molecule has 0 saturated carbocycles. The van der Waals surface area contributed by atoms with Gasteiger partial charge in [-0.25, -0.2) is 14.4 Å². The minimum atomic E-state index is -0.730. The zero-order chi connectivity index (χ0) is 23.8. The van der Waals surface area contributed by atoms with Crippen molar-refractivity contribution in [2.75, 3.05) is 13.2 Å². The van der Waals surface area contributed by atoms with Crippen LogP contribution in [-0.4, -0.2) is 48.4 Å². The number of rotatable bonds is 6. The Morgan fingerprint density at radius 3 is 2.66 bits per heavy atom. The van der Waals surface area contributed by atoms with E-state index in [0.29, 0.717) is 12.0 Å². The summed E-state index contributed by atoms with van der Waals surface area (Å²) in [6.45, 7) is 10.3. The van der Waals surface area contributed by atoms with Crippen LogP contribution in [0.5, 0.6) is 0 Å². The third-order valence-electron chi connectivity index (χ3n) is 5.64. The lowest BCUT2D eigenvalue weighted by Crippen LogP contribution is -2.34. The Balaban J connectivity index is 2.28. The smallest absolute Gasteiger partial charge is 0.337 e. The van der Waals surface area contributed by atoms with Crippen LogP contribution in [0, 0.1) is 5.92 Å². The van der Waals surface area contributed by atoms with Crippen LogP contribution in [0.3, 0.4) is 0 Å². The van der Waals surface area contributed by atoms with Crippen LogP contribution >= 0.6 is 0 Å². The van der Waals surface area contributed by atoms with Crippen molar-refractivity contribution >= 4 is 17.9 Å². The van der Waals surface area contributed by atoms with E-state index in [4.69, 9.17) is 14.2 Å². The summed E-state index contributed by atoms with van der Waals surface area (Å²) in [5, 5.41) is 9.33. The predicted molar refractivity (Wildman–Crippen MR) is 119 cm³/mol. The highest BCUT2D eigenvalue weighted by Gasteiger charge is 2.44. The molecule has 0 amide bonds. The lowest BCUT2D eigenvalue weighted by atomic mass is 9.85. The molecule has 3 atom stereocenters. The van der Waals surface area contributed by atoms with Crippen LogP contribution in [0.25, 0.3) is 0 Å². The highest BCUT2D eigenvalue weighted by molar-refractivity contribution is 5.93. The van der Waals surface area contributed by atoms with Crippen LogP contribution in [-0.2, 0) is 28.6 Å².